The topological polar surface area (TPSA) is 82.6 Å². The van der Waals surface area contributed by atoms with Crippen LogP contribution < -0.4 is 14.8 Å². The lowest BCUT2D eigenvalue weighted by Crippen LogP contribution is -2.11. The number of hydrogen-bond donors (Lipinski definition) is 1. The monoisotopic (exact) mass is 353 g/mol. The second kappa shape index (κ2) is 7.69. The summed E-state index contributed by atoms with van der Waals surface area (Å²) in [6.07, 6.45) is 0. The van der Waals surface area contributed by atoms with Crippen molar-refractivity contribution in [2.45, 2.75) is 6.92 Å². The summed E-state index contributed by atoms with van der Waals surface area (Å²) in [4.78, 5) is 20.7. The molecule has 7 heteroatoms. The highest BCUT2D eigenvalue weighted by molar-refractivity contribution is 5.95. The van der Waals surface area contributed by atoms with Crippen LogP contribution in [0.3, 0.4) is 0 Å². The molecule has 0 aliphatic heterocycles. The second-order valence-corrected chi connectivity index (χ2v) is 5.33. The van der Waals surface area contributed by atoms with Crippen molar-refractivity contribution >= 4 is 28.4 Å². The Balaban J connectivity index is 2.04. The van der Waals surface area contributed by atoms with Crippen LogP contribution in [0.4, 0.5) is 11.5 Å². The third kappa shape index (κ3) is 3.51. The predicted octanol–water partition coefficient (Wildman–Crippen LogP) is 3.57. The molecular formula is C19H19N3O4. The molecule has 7 nitrogen and oxygen atoms in total. The zero-order valence-corrected chi connectivity index (χ0v) is 14.8. The SMILES string of the molecule is CCOC(=O)c1nc(Nc2ccc(OC)c(OC)c2)c2ccccc2n1. The van der Waals surface area contributed by atoms with Crippen molar-refractivity contribution in [1.29, 1.82) is 0 Å². The third-order valence-corrected chi connectivity index (χ3v) is 3.71. The van der Waals surface area contributed by atoms with Gasteiger partial charge in [-0.1, -0.05) is 12.1 Å². The van der Waals surface area contributed by atoms with Gasteiger partial charge in [-0.05, 0) is 31.2 Å². The van der Waals surface area contributed by atoms with E-state index in [-0.39, 0.29) is 12.4 Å². The molecule has 0 saturated carbocycles. The fraction of sp³-hybridized carbons (Fsp3) is 0.211. The zero-order valence-electron chi connectivity index (χ0n) is 14.8. The number of methoxy groups -OCH3 is 2. The molecule has 0 radical (unpaired) electrons. The number of carbonyl (C=O) groups is 1. The number of fused-ring (bicyclic) bond motifs is 1. The van der Waals surface area contributed by atoms with Gasteiger partial charge >= 0.3 is 5.97 Å². The van der Waals surface area contributed by atoms with Crippen LogP contribution in [-0.4, -0.2) is 36.8 Å². The van der Waals surface area contributed by atoms with Gasteiger partial charge in [-0.15, -0.1) is 0 Å². The fourth-order valence-electron chi connectivity index (χ4n) is 2.51. The number of benzene rings is 2. The van der Waals surface area contributed by atoms with E-state index in [0.29, 0.717) is 22.8 Å². The molecule has 26 heavy (non-hydrogen) atoms. The Morgan fingerprint density at radius 3 is 2.54 bits per heavy atom. The maximum Gasteiger partial charge on any atom is 0.376 e. The van der Waals surface area contributed by atoms with Gasteiger partial charge in [0.1, 0.15) is 5.82 Å². The number of para-hydroxylation sites is 1. The number of nitrogens with one attached hydrogen (secondary N) is 1. The van der Waals surface area contributed by atoms with Gasteiger partial charge in [0.15, 0.2) is 11.5 Å². The van der Waals surface area contributed by atoms with Crippen molar-refractivity contribution in [3.05, 3.63) is 48.3 Å². The summed E-state index contributed by atoms with van der Waals surface area (Å²) < 4.78 is 15.6. The Bertz CT molecular complexity index is 943. The van der Waals surface area contributed by atoms with Crippen molar-refractivity contribution in [3.63, 3.8) is 0 Å². The van der Waals surface area contributed by atoms with E-state index in [1.165, 1.54) is 0 Å². The van der Waals surface area contributed by atoms with E-state index in [4.69, 9.17) is 14.2 Å². The Morgan fingerprint density at radius 1 is 1.04 bits per heavy atom. The van der Waals surface area contributed by atoms with Gasteiger partial charge in [0, 0.05) is 17.1 Å². The molecule has 0 unspecified atom stereocenters. The van der Waals surface area contributed by atoms with E-state index >= 15 is 0 Å². The molecule has 3 aromatic rings. The number of anilines is 2. The largest absolute Gasteiger partial charge is 0.493 e. The van der Waals surface area contributed by atoms with Gasteiger partial charge < -0.3 is 19.5 Å². The molecule has 0 atom stereocenters. The first-order chi connectivity index (χ1) is 12.7. The lowest BCUT2D eigenvalue weighted by atomic mass is 10.2. The van der Waals surface area contributed by atoms with Gasteiger partial charge in [-0.2, -0.15) is 0 Å². The minimum atomic E-state index is -0.561. The van der Waals surface area contributed by atoms with E-state index in [1.807, 2.05) is 30.3 Å². The molecule has 0 bridgehead atoms. The molecular weight excluding hydrogens is 334 g/mol. The summed E-state index contributed by atoms with van der Waals surface area (Å²) in [5, 5.41) is 4.00. The van der Waals surface area contributed by atoms with Gasteiger partial charge in [0.25, 0.3) is 0 Å². The molecule has 2 aromatic carbocycles. The van der Waals surface area contributed by atoms with Crippen LogP contribution in [-0.2, 0) is 4.74 Å². The molecule has 0 saturated heterocycles. The van der Waals surface area contributed by atoms with E-state index in [2.05, 4.69) is 15.3 Å². The van der Waals surface area contributed by atoms with E-state index in [0.717, 1.165) is 11.1 Å². The van der Waals surface area contributed by atoms with Crippen LogP contribution in [0.1, 0.15) is 17.5 Å². The van der Waals surface area contributed by atoms with Crippen LogP contribution in [0.25, 0.3) is 10.9 Å². The first-order valence-electron chi connectivity index (χ1n) is 8.09. The summed E-state index contributed by atoms with van der Waals surface area (Å²) >= 11 is 0. The molecule has 0 aliphatic carbocycles. The molecule has 1 aromatic heterocycles. The van der Waals surface area contributed by atoms with Crippen LogP contribution >= 0.6 is 0 Å². The number of nitrogens with zero attached hydrogens (tertiary/aromatic N) is 2. The zero-order chi connectivity index (χ0) is 18.5. The lowest BCUT2D eigenvalue weighted by molar-refractivity contribution is 0.0512. The quantitative estimate of drug-likeness (QED) is 0.678. The minimum absolute atomic E-state index is 0.00790. The highest BCUT2D eigenvalue weighted by Crippen LogP contribution is 2.32. The van der Waals surface area contributed by atoms with Crippen molar-refractivity contribution in [3.8, 4) is 11.5 Å². The molecule has 0 spiro atoms. The third-order valence-electron chi connectivity index (χ3n) is 3.71. The molecule has 1 N–H and O–H groups in total. The lowest BCUT2D eigenvalue weighted by Gasteiger charge is -2.13. The number of hydrogen-bond acceptors (Lipinski definition) is 7. The number of rotatable bonds is 6. The Hall–Kier alpha value is -3.35. The van der Waals surface area contributed by atoms with Gasteiger partial charge in [0.05, 0.1) is 26.3 Å². The van der Waals surface area contributed by atoms with E-state index < -0.39 is 5.97 Å². The summed E-state index contributed by atoms with van der Waals surface area (Å²) in [6.45, 7) is 2.00. The molecule has 0 aliphatic rings. The van der Waals surface area contributed by atoms with E-state index in [1.54, 1.807) is 33.3 Å². The van der Waals surface area contributed by atoms with Gasteiger partial charge in [-0.25, -0.2) is 14.8 Å². The Morgan fingerprint density at radius 2 is 1.81 bits per heavy atom. The number of ether oxygens (including phenoxy) is 3. The van der Waals surface area contributed by atoms with Crippen LogP contribution in [0, 0.1) is 0 Å². The van der Waals surface area contributed by atoms with Crippen LogP contribution in [0.5, 0.6) is 11.5 Å². The standard InChI is InChI=1S/C19H19N3O4/c1-4-26-19(23)18-21-14-8-6-5-7-13(14)17(22-18)20-12-9-10-15(24-2)16(11-12)25-3/h5-11H,4H2,1-3H3,(H,20,21,22). The summed E-state index contributed by atoms with van der Waals surface area (Å²) in [6, 6.07) is 12.9. The van der Waals surface area contributed by atoms with Crippen molar-refractivity contribution < 1.29 is 19.0 Å². The average Bonchev–Trinajstić information content (AvgIpc) is 2.68. The highest BCUT2D eigenvalue weighted by Gasteiger charge is 2.15. The molecule has 1 heterocycles. The van der Waals surface area contributed by atoms with Crippen LogP contribution in [0.2, 0.25) is 0 Å². The second-order valence-electron chi connectivity index (χ2n) is 5.33. The maximum absolute atomic E-state index is 12.1. The highest BCUT2D eigenvalue weighted by atomic mass is 16.5. The van der Waals surface area contributed by atoms with Crippen molar-refractivity contribution in [2.24, 2.45) is 0 Å². The van der Waals surface area contributed by atoms with Crippen molar-refractivity contribution in [1.82, 2.24) is 9.97 Å². The normalized spacial score (nSPS) is 10.4. The van der Waals surface area contributed by atoms with Gasteiger partial charge in [0.2, 0.25) is 5.82 Å². The molecule has 0 fully saturated rings. The summed E-state index contributed by atoms with van der Waals surface area (Å²) in [7, 11) is 3.15. The number of esters is 1. The Labute approximate surface area is 150 Å². The minimum Gasteiger partial charge on any atom is -0.493 e. The first kappa shape index (κ1) is 17.5. The predicted molar refractivity (Wildman–Crippen MR) is 98.3 cm³/mol. The Kier molecular flexibility index (Phi) is 5.17. The number of aromatic nitrogens is 2. The number of carbonyl (C=O) groups excluding carboxylic acids is 1. The molecule has 134 valence electrons. The van der Waals surface area contributed by atoms with E-state index in [9.17, 15) is 4.79 Å². The fourth-order valence-corrected chi connectivity index (χ4v) is 2.51. The van der Waals surface area contributed by atoms with Crippen molar-refractivity contribution in [2.75, 3.05) is 26.1 Å². The summed E-state index contributed by atoms with van der Waals surface area (Å²) in [5.74, 6) is 1.16. The first-order valence-corrected chi connectivity index (χ1v) is 8.09. The smallest absolute Gasteiger partial charge is 0.376 e. The molecule has 0 amide bonds. The maximum atomic E-state index is 12.1. The van der Waals surface area contributed by atoms with Gasteiger partial charge in [-0.3, -0.25) is 0 Å². The molecule has 3 rings (SSSR count). The average molecular weight is 353 g/mol. The summed E-state index contributed by atoms with van der Waals surface area (Å²) in [5.41, 5.74) is 1.38. The van der Waals surface area contributed by atoms with Crippen LogP contribution in [0.15, 0.2) is 42.5 Å².